The second-order valence-electron chi connectivity index (χ2n) is 6.25. The zero-order valence-electron chi connectivity index (χ0n) is 11.3. The van der Waals surface area contributed by atoms with Gasteiger partial charge in [-0.1, -0.05) is 13.3 Å². The fourth-order valence-electron chi connectivity index (χ4n) is 3.75. The van der Waals surface area contributed by atoms with Crippen LogP contribution in [-0.4, -0.2) is 37.0 Å². The van der Waals surface area contributed by atoms with Gasteiger partial charge in [-0.3, -0.25) is 4.79 Å². The number of hydrogen-bond donors (Lipinski definition) is 1. The number of rotatable bonds is 3. The maximum Gasteiger partial charge on any atom is 0.228 e. The summed E-state index contributed by atoms with van der Waals surface area (Å²) in [5, 5.41) is 3.47. The number of nitrogens with zero attached hydrogens (tertiary/aromatic N) is 1. The molecule has 1 amide bonds. The Kier molecular flexibility index (Phi) is 4.22. The van der Waals surface area contributed by atoms with Gasteiger partial charge in [0.2, 0.25) is 5.91 Å². The number of fused-ring (bicyclic) bond motifs is 1. The first-order chi connectivity index (χ1) is 8.25. The number of carbonyl (C=O) groups excluding carboxylic acids is 1. The van der Waals surface area contributed by atoms with E-state index < -0.39 is 0 Å². The number of carbonyl (C=O) groups is 1. The van der Waals surface area contributed by atoms with Gasteiger partial charge >= 0.3 is 0 Å². The molecule has 0 bridgehead atoms. The van der Waals surface area contributed by atoms with Gasteiger partial charge in [0.25, 0.3) is 0 Å². The highest BCUT2D eigenvalue weighted by Gasteiger charge is 2.51. The van der Waals surface area contributed by atoms with Gasteiger partial charge in [0.05, 0.1) is 0 Å². The number of piperidine rings is 1. The molecule has 4 heteroatoms. The van der Waals surface area contributed by atoms with Crippen LogP contribution in [0, 0.1) is 17.3 Å². The van der Waals surface area contributed by atoms with Crippen molar-refractivity contribution in [2.24, 2.45) is 17.3 Å². The molecule has 1 aliphatic carbocycles. The minimum atomic E-state index is 0. The maximum absolute atomic E-state index is 12.6. The minimum Gasteiger partial charge on any atom is -0.342 e. The number of amides is 1. The Morgan fingerprint density at radius 3 is 2.72 bits per heavy atom. The summed E-state index contributed by atoms with van der Waals surface area (Å²) in [6.45, 7) is 6.51. The molecule has 104 valence electrons. The average Bonchev–Trinajstić information content (AvgIpc) is 2.97. The van der Waals surface area contributed by atoms with E-state index in [0.717, 1.165) is 57.2 Å². The van der Waals surface area contributed by atoms with Crippen molar-refractivity contribution in [2.45, 2.75) is 39.0 Å². The van der Waals surface area contributed by atoms with E-state index in [1.165, 1.54) is 13.0 Å². The molecule has 3 rings (SSSR count). The lowest BCUT2D eigenvalue weighted by Gasteiger charge is -2.36. The molecule has 1 saturated carbocycles. The highest BCUT2D eigenvalue weighted by atomic mass is 35.5. The third kappa shape index (κ3) is 2.39. The van der Waals surface area contributed by atoms with E-state index in [1.54, 1.807) is 0 Å². The van der Waals surface area contributed by atoms with Crippen LogP contribution in [0.1, 0.15) is 39.0 Å². The molecule has 0 aromatic carbocycles. The van der Waals surface area contributed by atoms with Crippen LogP contribution >= 0.6 is 12.4 Å². The third-order valence-corrected chi connectivity index (χ3v) is 5.03. The highest BCUT2D eigenvalue weighted by Crippen LogP contribution is 2.51. The quantitative estimate of drug-likeness (QED) is 0.853. The smallest absolute Gasteiger partial charge is 0.228 e. The van der Waals surface area contributed by atoms with Crippen molar-refractivity contribution in [3.05, 3.63) is 0 Å². The summed E-state index contributed by atoms with van der Waals surface area (Å²) >= 11 is 0. The van der Waals surface area contributed by atoms with Gasteiger partial charge in [0.15, 0.2) is 0 Å². The van der Waals surface area contributed by atoms with Crippen LogP contribution in [0.3, 0.4) is 0 Å². The summed E-state index contributed by atoms with van der Waals surface area (Å²) < 4.78 is 0. The summed E-state index contributed by atoms with van der Waals surface area (Å²) in [4.78, 5) is 14.7. The predicted molar refractivity (Wildman–Crippen MR) is 74.9 cm³/mol. The first-order valence-corrected chi connectivity index (χ1v) is 7.25. The SMILES string of the molecule is CCCC1(C(=O)N2CCC3CNCC3C2)CC1.Cl. The number of nitrogens with one attached hydrogen (secondary N) is 1. The van der Waals surface area contributed by atoms with Crippen molar-refractivity contribution >= 4 is 18.3 Å². The summed E-state index contributed by atoms with van der Waals surface area (Å²) in [5.74, 6) is 2.04. The van der Waals surface area contributed by atoms with Crippen molar-refractivity contribution in [3.63, 3.8) is 0 Å². The van der Waals surface area contributed by atoms with Gasteiger partial charge in [-0.05, 0) is 50.6 Å². The first-order valence-electron chi connectivity index (χ1n) is 7.25. The Labute approximate surface area is 116 Å². The molecule has 2 unspecified atom stereocenters. The topological polar surface area (TPSA) is 32.3 Å². The van der Waals surface area contributed by atoms with Gasteiger partial charge in [-0.2, -0.15) is 0 Å². The Balaban J connectivity index is 0.00000120. The normalized spacial score (nSPS) is 32.6. The van der Waals surface area contributed by atoms with E-state index in [4.69, 9.17) is 0 Å². The van der Waals surface area contributed by atoms with Crippen molar-refractivity contribution in [1.82, 2.24) is 10.2 Å². The third-order valence-electron chi connectivity index (χ3n) is 5.03. The molecule has 0 radical (unpaired) electrons. The number of hydrogen-bond acceptors (Lipinski definition) is 2. The molecule has 2 atom stereocenters. The molecular weight excluding hydrogens is 248 g/mol. The van der Waals surface area contributed by atoms with Crippen LogP contribution in [0.15, 0.2) is 0 Å². The van der Waals surface area contributed by atoms with Crippen molar-refractivity contribution < 1.29 is 4.79 Å². The molecule has 2 heterocycles. The molecular formula is C14H25ClN2O. The van der Waals surface area contributed by atoms with Crippen LogP contribution in [-0.2, 0) is 4.79 Å². The standard InChI is InChI=1S/C14H24N2O.ClH/c1-2-4-14(5-6-14)13(17)16-7-3-11-8-15-9-12(11)10-16;/h11-12,15H,2-10H2,1H3;1H. The van der Waals surface area contributed by atoms with Gasteiger partial charge in [-0.25, -0.2) is 0 Å². The maximum atomic E-state index is 12.6. The van der Waals surface area contributed by atoms with Crippen LogP contribution in [0.25, 0.3) is 0 Å². The van der Waals surface area contributed by atoms with Gasteiger partial charge in [0.1, 0.15) is 0 Å². The summed E-state index contributed by atoms with van der Waals surface area (Å²) in [5.41, 5.74) is 0.0770. The fraction of sp³-hybridized carbons (Fsp3) is 0.929. The van der Waals surface area contributed by atoms with Gasteiger partial charge < -0.3 is 10.2 Å². The predicted octanol–water partition coefficient (Wildman–Crippen LogP) is 2.06. The van der Waals surface area contributed by atoms with E-state index in [-0.39, 0.29) is 17.8 Å². The van der Waals surface area contributed by atoms with Crippen LogP contribution in [0.5, 0.6) is 0 Å². The summed E-state index contributed by atoms with van der Waals surface area (Å²) in [6.07, 6.45) is 5.75. The monoisotopic (exact) mass is 272 g/mol. The average molecular weight is 273 g/mol. The Morgan fingerprint density at radius 1 is 1.33 bits per heavy atom. The largest absolute Gasteiger partial charge is 0.342 e. The molecule has 0 aromatic rings. The van der Waals surface area contributed by atoms with Crippen molar-refractivity contribution in [2.75, 3.05) is 26.2 Å². The lowest BCUT2D eigenvalue weighted by atomic mass is 9.87. The van der Waals surface area contributed by atoms with E-state index >= 15 is 0 Å². The van der Waals surface area contributed by atoms with E-state index in [2.05, 4.69) is 17.1 Å². The zero-order chi connectivity index (χ0) is 11.9. The summed E-state index contributed by atoms with van der Waals surface area (Å²) in [6, 6.07) is 0. The Morgan fingerprint density at radius 2 is 2.06 bits per heavy atom. The minimum absolute atomic E-state index is 0. The molecule has 3 fully saturated rings. The second kappa shape index (κ2) is 5.38. The number of likely N-dealkylation sites (tertiary alicyclic amines) is 1. The fourth-order valence-corrected chi connectivity index (χ4v) is 3.75. The van der Waals surface area contributed by atoms with Gasteiger partial charge in [-0.15, -0.1) is 12.4 Å². The lowest BCUT2D eigenvalue weighted by Crippen LogP contribution is -2.46. The van der Waals surface area contributed by atoms with E-state index in [1.807, 2.05) is 0 Å². The van der Waals surface area contributed by atoms with Crippen LogP contribution < -0.4 is 5.32 Å². The molecule has 3 nitrogen and oxygen atoms in total. The molecule has 2 aliphatic heterocycles. The lowest BCUT2D eigenvalue weighted by molar-refractivity contribution is -0.139. The molecule has 0 spiro atoms. The van der Waals surface area contributed by atoms with Crippen molar-refractivity contribution in [3.8, 4) is 0 Å². The number of halogens is 1. The molecule has 3 aliphatic rings. The van der Waals surface area contributed by atoms with Gasteiger partial charge in [0, 0.05) is 18.5 Å². The van der Waals surface area contributed by atoms with Crippen LogP contribution in [0.4, 0.5) is 0 Å². The first kappa shape index (κ1) is 14.1. The molecule has 2 saturated heterocycles. The zero-order valence-corrected chi connectivity index (χ0v) is 12.1. The molecule has 0 aromatic heterocycles. The Hall–Kier alpha value is -0.280. The van der Waals surface area contributed by atoms with E-state index in [9.17, 15) is 4.79 Å². The summed E-state index contributed by atoms with van der Waals surface area (Å²) in [7, 11) is 0. The van der Waals surface area contributed by atoms with Crippen molar-refractivity contribution in [1.29, 1.82) is 0 Å². The second-order valence-corrected chi connectivity index (χ2v) is 6.25. The van der Waals surface area contributed by atoms with E-state index in [0.29, 0.717) is 5.91 Å². The highest BCUT2D eigenvalue weighted by molar-refractivity contribution is 5.85. The molecule has 1 N–H and O–H groups in total. The van der Waals surface area contributed by atoms with Crippen LogP contribution in [0.2, 0.25) is 0 Å². The molecule has 18 heavy (non-hydrogen) atoms. The Bertz CT molecular complexity index is 317.